The molecule has 0 spiro atoms. The van der Waals surface area contributed by atoms with Crippen molar-refractivity contribution in [2.45, 2.75) is 26.8 Å². The molecule has 4 nitrogen and oxygen atoms in total. The van der Waals surface area contributed by atoms with E-state index in [9.17, 15) is 10.0 Å². The molecule has 0 aliphatic carbocycles. The van der Waals surface area contributed by atoms with Crippen LogP contribution in [0.5, 0.6) is 0 Å². The minimum atomic E-state index is -0.628. The van der Waals surface area contributed by atoms with E-state index in [2.05, 4.69) is 5.11 Å². The predicted octanol–water partition coefficient (Wildman–Crippen LogP) is 3.64. The summed E-state index contributed by atoms with van der Waals surface area (Å²) in [5.74, 6) is -0.145. The zero-order valence-corrected chi connectivity index (χ0v) is 11.3. The molecule has 0 N–H and O–H groups in total. The molecule has 1 rings (SSSR count). The lowest BCUT2D eigenvalue weighted by Gasteiger charge is -2.02. The highest BCUT2D eigenvalue weighted by atomic mass is 35.5. The molecule has 0 amide bonds. The Balaban J connectivity index is 2.89. The van der Waals surface area contributed by atoms with E-state index in [0.29, 0.717) is 9.88 Å². The van der Waals surface area contributed by atoms with Gasteiger partial charge in [0.2, 0.25) is 6.20 Å². The van der Waals surface area contributed by atoms with Gasteiger partial charge in [-0.2, -0.15) is 0 Å². The SMILES string of the molecule is CC(=O)C(C)N=[N+]([O-])C=C(C)c1ccc(Cl)cc1. The third-order valence-electron chi connectivity index (χ3n) is 2.48. The molecule has 18 heavy (non-hydrogen) atoms. The molecule has 0 heterocycles. The third kappa shape index (κ3) is 4.30. The third-order valence-corrected chi connectivity index (χ3v) is 2.73. The van der Waals surface area contributed by atoms with Crippen molar-refractivity contribution in [3.63, 3.8) is 0 Å². The number of carbonyl (C=O) groups excluding carboxylic acids is 1. The molecule has 1 aromatic rings. The lowest BCUT2D eigenvalue weighted by molar-refractivity contribution is -0.460. The summed E-state index contributed by atoms with van der Waals surface area (Å²) in [5.41, 5.74) is 1.63. The fourth-order valence-corrected chi connectivity index (χ4v) is 1.36. The quantitative estimate of drug-likeness (QED) is 0.475. The summed E-state index contributed by atoms with van der Waals surface area (Å²) in [6.07, 6.45) is 1.34. The maximum absolute atomic E-state index is 11.5. The summed E-state index contributed by atoms with van der Waals surface area (Å²) in [4.78, 5) is 11.4. The molecule has 0 fully saturated rings. The highest BCUT2D eigenvalue weighted by Crippen LogP contribution is 2.16. The summed E-state index contributed by atoms with van der Waals surface area (Å²) in [6.45, 7) is 4.78. The Labute approximate surface area is 111 Å². The molecule has 5 heteroatoms. The van der Waals surface area contributed by atoms with E-state index in [1.807, 2.05) is 12.1 Å². The number of allylic oxidation sites excluding steroid dienone is 1. The first-order chi connectivity index (χ1) is 8.40. The van der Waals surface area contributed by atoms with Crippen molar-refractivity contribution in [3.8, 4) is 0 Å². The van der Waals surface area contributed by atoms with Crippen LogP contribution in [-0.2, 0) is 4.79 Å². The average molecular weight is 267 g/mol. The first-order valence-corrected chi connectivity index (χ1v) is 5.90. The van der Waals surface area contributed by atoms with Gasteiger partial charge in [0.15, 0.2) is 11.8 Å². The summed E-state index contributed by atoms with van der Waals surface area (Å²) in [6, 6.07) is 6.50. The Morgan fingerprint density at radius 2 is 1.94 bits per heavy atom. The van der Waals surface area contributed by atoms with Crippen LogP contribution in [0.4, 0.5) is 0 Å². The second kappa shape index (κ2) is 6.31. The molecule has 1 atom stereocenters. The molecule has 96 valence electrons. The van der Waals surface area contributed by atoms with E-state index in [0.717, 1.165) is 11.1 Å². The first-order valence-electron chi connectivity index (χ1n) is 5.52. The van der Waals surface area contributed by atoms with Crippen LogP contribution >= 0.6 is 11.6 Å². The van der Waals surface area contributed by atoms with Crippen LogP contribution in [0.15, 0.2) is 35.6 Å². The van der Waals surface area contributed by atoms with Gasteiger partial charge in [-0.15, -0.1) is 0 Å². The maximum Gasteiger partial charge on any atom is 0.212 e. The van der Waals surface area contributed by atoms with Crippen molar-refractivity contribution < 1.29 is 9.66 Å². The number of benzene rings is 1. The largest absolute Gasteiger partial charge is 0.595 e. The Morgan fingerprint density at radius 1 is 1.39 bits per heavy atom. The van der Waals surface area contributed by atoms with E-state index >= 15 is 0 Å². The highest BCUT2D eigenvalue weighted by Gasteiger charge is 2.09. The number of hydrogen-bond donors (Lipinski definition) is 0. The Bertz CT molecular complexity index is 492. The van der Waals surface area contributed by atoms with Gasteiger partial charge in [-0.25, -0.2) is 0 Å². The molecule has 0 saturated carbocycles. The lowest BCUT2D eigenvalue weighted by Crippen LogP contribution is -2.12. The van der Waals surface area contributed by atoms with Gasteiger partial charge in [-0.3, -0.25) is 4.79 Å². The molecule has 0 radical (unpaired) electrons. The lowest BCUT2D eigenvalue weighted by atomic mass is 10.1. The van der Waals surface area contributed by atoms with Crippen molar-refractivity contribution >= 4 is 23.0 Å². The van der Waals surface area contributed by atoms with Gasteiger partial charge in [-0.1, -0.05) is 28.6 Å². The maximum atomic E-state index is 11.5. The van der Waals surface area contributed by atoms with Crippen molar-refractivity contribution in [3.05, 3.63) is 46.3 Å². The van der Waals surface area contributed by atoms with Gasteiger partial charge < -0.3 is 5.21 Å². The van der Waals surface area contributed by atoms with Crippen LogP contribution in [-0.4, -0.2) is 16.7 Å². The van der Waals surface area contributed by atoms with E-state index in [1.54, 1.807) is 26.0 Å². The monoisotopic (exact) mass is 266 g/mol. The van der Waals surface area contributed by atoms with Crippen LogP contribution in [0.25, 0.3) is 5.57 Å². The van der Waals surface area contributed by atoms with Gasteiger partial charge in [0, 0.05) is 10.6 Å². The molecule has 0 aliphatic rings. The van der Waals surface area contributed by atoms with E-state index in [-0.39, 0.29) is 5.78 Å². The fourth-order valence-electron chi connectivity index (χ4n) is 1.24. The number of azo groups is 1. The summed E-state index contributed by atoms with van der Waals surface area (Å²) in [7, 11) is 0. The summed E-state index contributed by atoms with van der Waals surface area (Å²) >= 11 is 5.78. The van der Waals surface area contributed by atoms with Gasteiger partial charge >= 0.3 is 0 Å². The minimum absolute atomic E-state index is 0.145. The van der Waals surface area contributed by atoms with Crippen LogP contribution < -0.4 is 0 Å². The molecular formula is C13H15ClN2O2. The molecule has 1 unspecified atom stereocenters. The van der Waals surface area contributed by atoms with Gasteiger partial charge in [0.25, 0.3) is 0 Å². The van der Waals surface area contributed by atoms with Crippen LogP contribution in [0.1, 0.15) is 26.3 Å². The zero-order chi connectivity index (χ0) is 13.7. The summed E-state index contributed by atoms with van der Waals surface area (Å²) in [5, 5.41) is 15.8. The van der Waals surface area contributed by atoms with Gasteiger partial charge in [0.05, 0.1) is 0 Å². The summed E-state index contributed by atoms with van der Waals surface area (Å²) < 4.78 is 0. The van der Waals surface area contributed by atoms with E-state index in [1.165, 1.54) is 13.1 Å². The second-order valence-electron chi connectivity index (χ2n) is 4.02. The van der Waals surface area contributed by atoms with E-state index in [4.69, 9.17) is 11.6 Å². The predicted molar refractivity (Wildman–Crippen MR) is 71.3 cm³/mol. The first kappa shape index (κ1) is 14.4. The fraction of sp³-hybridized carbons (Fsp3) is 0.308. The van der Waals surface area contributed by atoms with Crippen molar-refractivity contribution in [2.24, 2.45) is 5.11 Å². The van der Waals surface area contributed by atoms with Crippen molar-refractivity contribution in [1.82, 2.24) is 0 Å². The number of hydroxylamine groups is 1. The van der Waals surface area contributed by atoms with Crippen LogP contribution in [0.2, 0.25) is 5.02 Å². The number of ketones is 1. The average Bonchev–Trinajstić information content (AvgIpc) is 2.29. The van der Waals surface area contributed by atoms with Crippen molar-refractivity contribution in [1.29, 1.82) is 0 Å². The number of hydrogen-bond acceptors (Lipinski definition) is 3. The molecule has 1 aromatic carbocycles. The number of halogens is 1. The van der Waals surface area contributed by atoms with Crippen LogP contribution in [0, 0.1) is 5.21 Å². The Morgan fingerprint density at radius 3 is 2.44 bits per heavy atom. The number of Topliss-reactive ketones (excluding diaryl/α,β-unsaturated/α-hetero) is 1. The molecule has 0 aliphatic heterocycles. The molecule has 0 bridgehead atoms. The number of carbonyl (C=O) groups is 1. The van der Waals surface area contributed by atoms with E-state index < -0.39 is 6.04 Å². The number of rotatable bonds is 4. The Hall–Kier alpha value is -1.68. The highest BCUT2D eigenvalue weighted by molar-refractivity contribution is 6.30. The molecular weight excluding hydrogens is 252 g/mol. The minimum Gasteiger partial charge on any atom is -0.595 e. The number of nitrogens with zero attached hydrogens (tertiary/aromatic N) is 2. The normalized spacial score (nSPS) is 14.4. The van der Waals surface area contributed by atoms with Crippen molar-refractivity contribution in [2.75, 3.05) is 0 Å². The van der Waals surface area contributed by atoms with Gasteiger partial charge in [-0.05, 0) is 43.6 Å². The molecule has 0 aromatic heterocycles. The topological polar surface area (TPSA) is 55.5 Å². The smallest absolute Gasteiger partial charge is 0.212 e. The van der Waals surface area contributed by atoms with Gasteiger partial charge in [0.1, 0.15) is 0 Å². The second-order valence-corrected chi connectivity index (χ2v) is 4.46. The molecule has 0 saturated heterocycles. The zero-order valence-electron chi connectivity index (χ0n) is 10.6. The standard InChI is InChI=1S/C13H15ClN2O2/c1-9(12-4-6-13(14)7-5-12)8-16(18)15-10(2)11(3)17/h4-8,10H,1-3H3. The van der Waals surface area contributed by atoms with Crippen LogP contribution in [0.3, 0.4) is 0 Å². The Kier molecular flexibility index (Phi) is 5.04.